The molecule has 0 aromatic heterocycles. The van der Waals surface area contributed by atoms with E-state index in [-0.39, 0.29) is 11.9 Å². The minimum atomic E-state index is -0.327. The van der Waals surface area contributed by atoms with Crippen LogP contribution in [0, 0.1) is 0 Å². The molecular weight excluding hydrogens is 240 g/mol. The number of carbonyl (C=O) groups is 2. The van der Waals surface area contributed by atoms with Gasteiger partial charge in [0.25, 0.3) is 0 Å². The van der Waals surface area contributed by atoms with Crippen molar-refractivity contribution in [2.45, 2.75) is 12.8 Å². The number of hydrogen-bond donors (Lipinski definition) is 0. The molecule has 2 aliphatic heterocycles. The fourth-order valence-electron chi connectivity index (χ4n) is 1.53. The van der Waals surface area contributed by atoms with Crippen LogP contribution in [0.1, 0.15) is 12.8 Å². The number of carbonyl (C=O) groups excluding carboxylic acids is 2. The van der Waals surface area contributed by atoms with Crippen molar-refractivity contribution in [1.29, 1.82) is 0 Å². The van der Waals surface area contributed by atoms with E-state index in [0.717, 1.165) is 0 Å². The van der Waals surface area contributed by atoms with Crippen molar-refractivity contribution in [3.05, 3.63) is 23.7 Å². The van der Waals surface area contributed by atoms with Gasteiger partial charge in [0.05, 0.1) is 36.9 Å². The maximum Gasteiger partial charge on any atom is 0.337 e. The molecule has 2 saturated heterocycles. The van der Waals surface area contributed by atoms with Gasteiger partial charge in [0.1, 0.15) is 13.2 Å². The summed E-state index contributed by atoms with van der Waals surface area (Å²) in [6.45, 7) is 1.43. The lowest BCUT2D eigenvalue weighted by molar-refractivity contribution is -0.136. The van der Waals surface area contributed by atoms with E-state index in [1.54, 1.807) is 0 Å². The summed E-state index contributed by atoms with van der Waals surface area (Å²) in [6, 6.07) is 0. The molecule has 0 amide bonds. The van der Waals surface area contributed by atoms with Crippen LogP contribution in [0.5, 0.6) is 0 Å². The third-order valence-electron chi connectivity index (χ3n) is 2.50. The lowest BCUT2D eigenvalue weighted by Crippen LogP contribution is -2.01. The van der Waals surface area contributed by atoms with Crippen LogP contribution in [-0.4, -0.2) is 38.4 Å². The molecule has 2 fully saturated rings. The van der Waals surface area contributed by atoms with Crippen LogP contribution in [0.3, 0.4) is 0 Å². The van der Waals surface area contributed by atoms with E-state index >= 15 is 0 Å². The molecule has 0 aromatic rings. The summed E-state index contributed by atoms with van der Waals surface area (Å²) < 4.78 is 19.8. The topological polar surface area (TPSA) is 71.1 Å². The Morgan fingerprint density at radius 1 is 0.889 bits per heavy atom. The predicted molar refractivity (Wildman–Crippen MR) is 59.2 cm³/mol. The Bertz CT molecular complexity index is 357. The molecule has 2 heterocycles. The highest BCUT2D eigenvalue weighted by atomic mass is 16.5. The van der Waals surface area contributed by atoms with Crippen molar-refractivity contribution in [1.82, 2.24) is 0 Å². The SMILES string of the molecule is O=C1OCC/C1=C/OCCO/C=C1\CCOC1=O. The van der Waals surface area contributed by atoms with E-state index in [1.165, 1.54) is 12.5 Å². The quantitative estimate of drug-likeness (QED) is 0.311. The Morgan fingerprint density at radius 2 is 1.33 bits per heavy atom. The monoisotopic (exact) mass is 254 g/mol. The second-order valence-electron chi connectivity index (χ2n) is 3.80. The molecule has 0 atom stereocenters. The number of esters is 2. The minimum absolute atomic E-state index is 0.301. The van der Waals surface area contributed by atoms with Crippen molar-refractivity contribution >= 4 is 11.9 Å². The molecule has 6 heteroatoms. The third kappa shape index (κ3) is 3.26. The molecule has 0 unspecified atom stereocenters. The van der Waals surface area contributed by atoms with Crippen LogP contribution in [-0.2, 0) is 28.5 Å². The second-order valence-corrected chi connectivity index (χ2v) is 3.80. The summed E-state index contributed by atoms with van der Waals surface area (Å²) >= 11 is 0. The number of hydrogen-bond acceptors (Lipinski definition) is 6. The van der Waals surface area contributed by atoms with Gasteiger partial charge in [-0.25, -0.2) is 9.59 Å². The molecule has 0 saturated carbocycles. The maximum atomic E-state index is 11.0. The molecule has 2 rings (SSSR count). The van der Waals surface area contributed by atoms with Gasteiger partial charge in [-0.1, -0.05) is 0 Å². The molecule has 0 aromatic carbocycles. The highest BCUT2D eigenvalue weighted by molar-refractivity contribution is 5.90. The number of ether oxygens (including phenoxy) is 4. The molecule has 98 valence electrons. The molecule has 18 heavy (non-hydrogen) atoms. The number of cyclic esters (lactones) is 2. The molecule has 0 spiro atoms. The van der Waals surface area contributed by atoms with Gasteiger partial charge in [0, 0.05) is 12.8 Å². The van der Waals surface area contributed by atoms with Gasteiger partial charge >= 0.3 is 11.9 Å². The van der Waals surface area contributed by atoms with E-state index in [9.17, 15) is 9.59 Å². The van der Waals surface area contributed by atoms with Crippen molar-refractivity contribution in [2.24, 2.45) is 0 Å². The van der Waals surface area contributed by atoms with E-state index in [2.05, 4.69) is 0 Å². The minimum Gasteiger partial charge on any atom is -0.497 e. The average molecular weight is 254 g/mol. The smallest absolute Gasteiger partial charge is 0.337 e. The highest BCUT2D eigenvalue weighted by Crippen LogP contribution is 2.13. The summed E-state index contributed by atoms with van der Waals surface area (Å²) in [5.74, 6) is -0.654. The third-order valence-corrected chi connectivity index (χ3v) is 2.50. The Balaban J connectivity index is 1.62. The first-order valence-electron chi connectivity index (χ1n) is 5.73. The number of rotatable bonds is 5. The Morgan fingerprint density at radius 3 is 1.67 bits per heavy atom. The predicted octanol–water partition coefficient (Wildman–Crippen LogP) is 0.681. The molecular formula is C12H14O6. The van der Waals surface area contributed by atoms with Gasteiger partial charge in [-0.15, -0.1) is 0 Å². The van der Waals surface area contributed by atoms with Gasteiger partial charge in [-0.2, -0.15) is 0 Å². The molecule has 2 aliphatic rings. The van der Waals surface area contributed by atoms with Gasteiger partial charge in [-0.05, 0) is 0 Å². The van der Waals surface area contributed by atoms with E-state index in [4.69, 9.17) is 18.9 Å². The van der Waals surface area contributed by atoms with Gasteiger partial charge in [-0.3, -0.25) is 0 Å². The average Bonchev–Trinajstić information content (AvgIpc) is 2.94. The fraction of sp³-hybridized carbons (Fsp3) is 0.500. The summed E-state index contributed by atoms with van der Waals surface area (Å²) in [4.78, 5) is 22.1. The fourth-order valence-corrected chi connectivity index (χ4v) is 1.53. The lowest BCUT2D eigenvalue weighted by atomic mass is 10.2. The van der Waals surface area contributed by atoms with E-state index < -0.39 is 0 Å². The standard InChI is InChI=1S/C12H14O6/c13-11-9(1-3-17-11)7-15-5-6-16-8-10-2-4-18-12(10)14/h7-8H,1-6H2/b9-7-,10-8+. The Labute approximate surface area is 104 Å². The van der Waals surface area contributed by atoms with Crippen LogP contribution < -0.4 is 0 Å². The van der Waals surface area contributed by atoms with Crippen molar-refractivity contribution < 1.29 is 28.5 Å². The van der Waals surface area contributed by atoms with Gasteiger partial charge in [0.15, 0.2) is 0 Å². The largest absolute Gasteiger partial charge is 0.497 e. The summed E-state index contributed by atoms with van der Waals surface area (Å²) in [5, 5.41) is 0. The van der Waals surface area contributed by atoms with Crippen LogP contribution >= 0.6 is 0 Å². The van der Waals surface area contributed by atoms with E-state index in [1.807, 2.05) is 0 Å². The highest BCUT2D eigenvalue weighted by Gasteiger charge is 2.19. The van der Waals surface area contributed by atoms with Crippen molar-refractivity contribution in [3.8, 4) is 0 Å². The zero-order valence-corrected chi connectivity index (χ0v) is 9.85. The van der Waals surface area contributed by atoms with Crippen LogP contribution in [0.4, 0.5) is 0 Å². The first kappa shape index (κ1) is 12.5. The Hall–Kier alpha value is -1.98. The van der Waals surface area contributed by atoms with Crippen molar-refractivity contribution in [2.75, 3.05) is 26.4 Å². The molecule has 0 radical (unpaired) electrons. The summed E-state index contributed by atoms with van der Waals surface area (Å²) in [7, 11) is 0. The first-order chi connectivity index (χ1) is 8.77. The van der Waals surface area contributed by atoms with Crippen LogP contribution in [0.2, 0.25) is 0 Å². The van der Waals surface area contributed by atoms with Crippen LogP contribution in [0.15, 0.2) is 23.7 Å². The van der Waals surface area contributed by atoms with Gasteiger partial charge in [0.2, 0.25) is 0 Å². The van der Waals surface area contributed by atoms with Crippen LogP contribution in [0.25, 0.3) is 0 Å². The lowest BCUT2D eigenvalue weighted by Gasteiger charge is -2.02. The second kappa shape index (κ2) is 6.09. The van der Waals surface area contributed by atoms with Gasteiger partial charge < -0.3 is 18.9 Å². The summed E-state index contributed by atoms with van der Waals surface area (Å²) in [5.41, 5.74) is 1.07. The molecule has 6 nitrogen and oxygen atoms in total. The maximum absolute atomic E-state index is 11.0. The molecule has 0 bridgehead atoms. The zero-order chi connectivity index (χ0) is 12.8. The molecule has 0 N–H and O–H groups in total. The Kier molecular flexibility index (Phi) is 4.22. The molecule has 0 aliphatic carbocycles. The zero-order valence-electron chi connectivity index (χ0n) is 9.85. The van der Waals surface area contributed by atoms with Crippen molar-refractivity contribution in [3.63, 3.8) is 0 Å². The normalized spacial score (nSPS) is 23.3. The van der Waals surface area contributed by atoms with E-state index in [0.29, 0.717) is 50.4 Å². The summed E-state index contributed by atoms with van der Waals surface area (Å²) in [6.07, 6.45) is 3.95. The first-order valence-corrected chi connectivity index (χ1v) is 5.73.